The summed E-state index contributed by atoms with van der Waals surface area (Å²) < 4.78 is 0. The third-order valence-corrected chi connectivity index (χ3v) is 4.89. The summed E-state index contributed by atoms with van der Waals surface area (Å²) in [5.74, 6) is 0.496. The Labute approximate surface area is 137 Å². The van der Waals surface area contributed by atoms with Gasteiger partial charge in [0.1, 0.15) is 0 Å². The Morgan fingerprint density at radius 2 is 1.64 bits per heavy atom. The molecule has 116 valence electrons. The zero-order valence-electron chi connectivity index (χ0n) is 13.5. The van der Waals surface area contributed by atoms with Crippen LogP contribution in [0.15, 0.2) is 47.4 Å². The number of carbonyl (C=O) groups is 1. The average Bonchev–Trinajstić information content (AvgIpc) is 2.54. The Kier molecular flexibility index (Phi) is 6.08. The topological polar surface area (TPSA) is 29.1 Å². The van der Waals surface area contributed by atoms with Crippen LogP contribution in [0.1, 0.15) is 30.5 Å². The molecule has 1 N–H and O–H groups in total. The van der Waals surface area contributed by atoms with Gasteiger partial charge in [-0.25, -0.2) is 0 Å². The molecule has 2 nitrogen and oxygen atoms in total. The van der Waals surface area contributed by atoms with Crippen LogP contribution in [-0.2, 0) is 17.6 Å². The van der Waals surface area contributed by atoms with Crippen LogP contribution in [0.5, 0.6) is 0 Å². The number of aryl methyl sites for hydroxylation is 3. The molecule has 0 aliphatic heterocycles. The van der Waals surface area contributed by atoms with E-state index in [2.05, 4.69) is 56.4 Å². The minimum atomic E-state index is 0.0591. The van der Waals surface area contributed by atoms with Gasteiger partial charge in [-0.15, -0.1) is 11.8 Å². The molecule has 2 aromatic rings. The van der Waals surface area contributed by atoms with Gasteiger partial charge in [-0.1, -0.05) is 50.2 Å². The van der Waals surface area contributed by atoms with Crippen molar-refractivity contribution in [2.24, 2.45) is 0 Å². The highest BCUT2D eigenvalue weighted by atomic mass is 32.2. The summed E-state index contributed by atoms with van der Waals surface area (Å²) in [5, 5.41) is 3.11. The number of carbonyl (C=O) groups excluding carboxylic acids is 1. The first kappa shape index (κ1) is 16.6. The van der Waals surface area contributed by atoms with Crippen LogP contribution in [0.3, 0.4) is 0 Å². The van der Waals surface area contributed by atoms with Crippen molar-refractivity contribution in [3.8, 4) is 0 Å². The zero-order chi connectivity index (χ0) is 15.9. The van der Waals surface area contributed by atoms with Gasteiger partial charge < -0.3 is 5.32 Å². The number of benzene rings is 2. The maximum atomic E-state index is 12.3. The largest absolute Gasteiger partial charge is 0.325 e. The summed E-state index contributed by atoms with van der Waals surface area (Å²) in [6, 6.07) is 14.4. The summed E-state index contributed by atoms with van der Waals surface area (Å²) >= 11 is 1.59. The van der Waals surface area contributed by atoms with Gasteiger partial charge in [0.15, 0.2) is 0 Å². The van der Waals surface area contributed by atoms with Crippen LogP contribution >= 0.6 is 11.8 Å². The molecule has 0 bridgehead atoms. The van der Waals surface area contributed by atoms with E-state index in [4.69, 9.17) is 0 Å². The SMILES string of the molecule is CCc1cccc(CC)c1NC(=O)CSc1ccccc1C. The Bertz CT molecular complexity index is 629. The van der Waals surface area contributed by atoms with Crippen LogP contribution in [0.2, 0.25) is 0 Å². The molecule has 0 fully saturated rings. The van der Waals surface area contributed by atoms with Crippen molar-refractivity contribution in [1.29, 1.82) is 0 Å². The summed E-state index contributed by atoms with van der Waals surface area (Å²) in [6.07, 6.45) is 1.85. The lowest BCUT2D eigenvalue weighted by Gasteiger charge is -2.14. The lowest BCUT2D eigenvalue weighted by Crippen LogP contribution is -2.16. The van der Waals surface area contributed by atoms with E-state index >= 15 is 0 Å². The van der Waals surface area contributed by atoms with Crippen LogP contribution in [0, 0.1) is 6.92 Å². The lowest BCUT2D eigenvalue weighted by molar-refractivity contribution is -0.113. The molecule has 0 saturated carbocycles. The maximum Gasteiger partial charge on any atom is 0.234 e. The van der Waals surface area contributed by atoms with Gasteiger partial charge >= 0.3 is 0 Å². The van der Waals surface area contributed by atoms with Gasteiger partial charge in [-0.2, -0.15) is 0 Å². The Morgan fingerprint density at radius 3 is 2.23 bits per heavy atom. The van der Waals surface area contributed by atoms with Crippen molar-refractivity contribution in [2.45, 2.75) is 38.5 Å². The Balaban J connectivity index is 2.05. The Morgan fingerprint density at radius 1 is 1.00 bits per heavy atom. The molecule has 0 aliphatic carbocycles. The van der Waals surface area contributed by atoms with Crippen molar-refractivity contribution >= 4 is 23.4 Å². The molecule has 0 aliphatic rings. The molecule has 2 rings (SSSR count). The monoisotopic (exact) mass is 313 g/mol. The molecule has 0 atom stereocenters. The predicted octanol–water partition coefficient (Wildman–Crippen LogP) is 4.85. The summed E-state index contributed by atoms with van der Waals surface area (Å²) in [7, 11) is 0. The number of hydrogen-bond acceptors (Lipinski definition) is 2. The number of amides is 1. The number of para-hydroxylation sites is 1. The molecule has 0 spiro atoms. The van der Waals surface area contributed by atoms with E-state index in [-0.39, 0.29) is 5.91 Å². The van der Waals surface area contributed by atoms with E-state index in [9.17, 15) is 4.79 Å². The van der Waals surface area contributed by atoms with Gasteiger partial charge in [0.25, 0.3) is 0 Å². The molecule has 0 saturated heterocycles. The number of hydrogen-bond donors (Lipinski definition) is 1. The highest BCUT2D eigenvalue weighted by Gasteiger charge is 2.10. The molecule has 0 radical (unpaired) electrons. The van der Waals surface area contributed by atoms with Crippen LogP contribution in [0.4, 0.5) is 5.69 Å². The highest BCUT2D eigenvalue weighted by Crippen LogP contribution is 2.25. The van der Waals surface area contributed by atoms with Crippen LogP contribution in [0.25, 0.3) is 0 Å². The number of rotatable bonds is 6. The fourth-order valence-electron chi connectivity index (χ4n) is 2.44. The Hall–Kier alpha value is -1.74. The first-order valence-electron chi connectivity index (χ1n) is 7.74. The van der Waals surface area contributed by atoms with Gasteiger partial charge in [0, 0.05) is 10.6 Å². The molecular weight excluding hydrogens is 290 g/mol. The van der Waals surface area contributed by atoms with Gasteiger partial charge in [-0.3, -0.25) is 4.79 Å². The fourth-order valence-corrected chi connectivity index (χ4v) is 3.27. The van der Waals surface area contributed by atoms with E-state index in [1.165, 1.54) is 16.7 Å². The second-order valence-corrected chi connectivity index (χ2v) is 6.28. The average molecular weight is 313 g/mol. The van der Waals surface area contributed by atoms with Gasteiger partial charge in [-0.05, 0) is 42.5 Å². The van der Waals surface area contributed by atoms with Crippen molar-refractivity contribution in [3.05, 3.63) is 59.2 Å². The zero-order valence-corrected chi connectivity index (χ0v) is 14.3. The van der Waals surface area contributed by atoms with Crippen LogP contribution in [-0.4, -0.2) is 11.7 Å². The smallest absolute Gasteiger partial charge is 0.234 e. The maximum absolute atomic E-state index is 12.3. The fraction of sp³-hybridized carbons (Fsp3) is 0.316. The third kappa shape index (κ3) is 4.14. The van der Waals surface area contributed by atoms with Crippen molar-refractivity contribution in [3.63, 3.8) is 0 Å². The lowest BCUT2D eigenvalue weighted by atomic mass is 10.0. The van der Waals surface area contributed by atoms with Crippen LogP contribution < -0.4 is 5.32 Å². The summed E-state index contributed by atoms with van der Waals surface area (Å²) in [5.41, 5.74) is 4.62. The summed E-state index contributed by atoms with van der Waals surface area (Å²) in [6.45, 7) is 6.31. The minimum Gasteiger partial charge on any atom is -0.325 e. The second kappa shape index (κ2) is 8.04. The first-order chi connectivity index (χ1) is 10.7. The molecular formula is C19H23NOS. The number of thioether (sulfide) groups is 1. The number of nitrogens with one attached hydrogen (secondary N) is 1. The second-order valence-electron chi connectivity index (χ2n) is 5.26. The van der Waals surface area contributed by atoms with Crippen molar-refractivity contribution < 1.29 is 4.79 Å². The standard InChI is InChI=1S/C19H23NOS/c1-4-15-10-8-11-16(5-2)19(15)20-18(21)13-22-17-12-7-6-9-14(17)3/h6-12H,4-5,13H2,1-3H3,(H,20,21). The molecule has 3 heteroatoms. The molecule has 22 heavy (non-hydrogen) atoms. The van der Waals surface area contributed by atoms with E-state index in [1.54, 1.807) is 11.8 Å². The van der Waals surface area contributed by atoms with Crippen molar-refractivity contribution in [1.82, 2.24) is 0 Å². The van der Waals surface area contributed by atoms with Gasteiger partial charge in [0.05, 0.1) is 5.75 Å². The predicted molar refractivity (Wildman–Crippen MR) is 95.7 cm³/mol. The quantitative estimate of drug-likeness (QED) is 0.772. The number of anilines is 1. The molecule has 0 heterocycles. The van der Waals surface area contributed by atoms with Gasteiger partial charge in [0.2, 0.25) is 5.91 Å². The minimum absolute atomic E-state index is 0.0591. The summed E-state index contributed by atoms with van der Waals surface area (Å²) in [4.78, 5) is 13.5. The van der Waals surface area contributed by atoms with E-state index in [1.807, 2.05) is 12.1 Å². The normalized spacial score (nSPS) is 10.5. The molecule has 1 amide bonds. The van der Waals surface area contributed by atoms with Crippen molar-refractivity contribution in [2.75, 3.05) is 11.1 Å². The van der Waals surface area contributed by atoms with E-state index in [0.29, 0.717) is 5.75 Å². The third-order valence-electron chi connectivity index (χ3n) is 3.72. The van der Waals surface area contributed by atoms with E-state index in [0.717, 1.165) is 23.4 Å². The highest BCUT2D eigenvalue weighted by molar-refractivity contribution is 8.00. The van der Waals surface area contributed by atoms with E-state index < -0.39 is 0 Å². The molecule has 2 aromatic carbocycles. The molecule has 0 unspecified atom stereocenters. The first-order valence-corrected chi connectivity index (χ1v) is 8.73. The molecule has 0 aromatic heterocycles.